The minimum absolute atomic E-state index is 0.0477. The smallest absolute Gasteiger partial charge is 0.253 e. The van der Waals surface area contributed by atoms with E-state index in [2.05, 4.69) is 11.8 Å². The van der Waals surface area contributed by atoms with Gasteiger partial charge in [-0.2, -0.15) is 0 Å². The average Bonchev–Trinajstić information content (AvgIpc) is 2.37. The molecule has 0 aliphatic rings. The maximum Gasteiger partial charge on any atom is 0.253 e. The highest BCUT2D eigenvalue weighted by molar-refractivity contribution is 5.94. The average molecular weight is 246 g/mol. The maximum absolute atomic E-state index is 12.0. The fourth-order valence-electron chi connectivity index (χ4n) is 1.51. The molecule has 4 nitrogen and oxygen atoms in total. The van der Waals surface area contributed by atoms with Crippen LogP contribution >= 0.6 is 0 Å². The summed E-state index contributed by atoms with van der Waals surface area (Å²) in [5.74, 6) is 5.60. The van der Waals surface area contributed by atoms with Crippen LogP contribution in [0.2, 0.25) is 0 Å². The summed E-state index contributed by atoms with van der Waals surface area (Å²) >= 11 is 0. The van der Waals surface area contributed by atoms with Crippen molar-refractivity contribution in [3.05, 3.63) is 34.9 Å². The van der Waals surface area contributed by atoms with Gasteiger partial charge < -0.3 is 15.7 Å². The molecule has 1 rings (SSSR count). The molecule has 1 aromatic rings. The van der Waals surface area contributed by atoms with Crippen LogP contribution in [0.4, 0.5) is 0 Å². The van der Waals surface area contributed by atoms with Crippen molar-refractivity contribution in [1.82, 2.24) is 4.90 Å². The van der Waals surface area contributed by atoms with Gasteiger partial charge in [-0.25, -0.2) is 0 Å². The Morgan fingerprint density at radius 1 is 1.50 bits per heavy atom. The van der Waals surface area contributed by atoms with Crippen molar-refractivity contribution in [3.63, 3.8) is 0 Å². The van der Waals surface area contributed by atoms with Gasteiger partial charge in [0.25, 0.3) is 5.91 Å². The SMILES string of the molecule is Cc1ccc(C(=O)N(C)CCO)cc1C#CCN. The zero-order chi connectivity index (χ0) is 13.5. The van der Waals surface area contributed by atoms with Gasteiger partial charge in [0.15, 0.2) is 0 Å². The fourth-order valence-corrected chi connectivity index (χ4v) is 1.51. The van der Waals surface area contributed by atoms with Crippen molar-refractivity contribution in [3.8, 4) is 11.8 Å². The number of carbonyl (C=O) groups is 1. The summed E-state index contributed by atoms with van der Waals surface area (Å²) < 4.78 is 0. The lowest BCUT2D eigenvalue weighted by Crippen LogP contribution is -2.29. The standard InChI is InChI=1S/C14H18N2O2/c1-11-5-6-13(10-12(11)4-3-7-15)14(18)16(2)8-9-17/h5-6,10,17H,7-9,15H2,1-2H3. The lowest BCUT2D eigenvalue weighted by atomic mass is 10.0. The van der Waals surface area contributed by atoms with Crippen molar-refractivity contribution in [2.24, 2.45) is 5.73 Å². The first-order chi connectivity index (χ1) is 8.60. The van der Waals surface area contributed by atoms with Crippen LogP contribution in [0, 0.1) is 18.8 Å². The van der Waals surface area contributed by atoms with Crippen molar-refractivity contribution >= 4 is 5.91 Å². The van der Waals surface area contributed by atoms with Crippen LogP contribution in [0.25, 0.3) is 0 Å². The maximum atomic E-state index is 12.0. The Kier molecular flexibility index (Phi) is 5.37. The summed E-state index contributed by atoms with van der Waals surface area (Å²) in [7, 11) is 1.66. The van der Waals surface area contributed by atoms with Gasteiger partial charge in [0.1, 0.15) is 0 Å². The first-order valence-electron chi connectivity index (χ1n) is 5.76. The number of likely N-dealkylation sites (N-methyl/N-ethyl adjacent to an activating group) is 1. The zero-order valence-corrected chi connectivity index (χ0v) is 10.7. The minimum Gasteiger partial charge on any atom is -0.395 e. The van der Waals surface area contributed by atoms with Crippen molar-refractivity contribution in [2.45, 2.75) is 6.92 Å². The number of nitrogens with two attached hydrogens (primary N) is 1. The van der Waals surface area contributed by atoms with Crippen LogP contribution in [0.5, 0.6) is 0 Å². The molecule has 0 unspecified atom stereocenters. The molecule has 1 amide bonds. The molecule has 3 N–H and O–H groups in total. The summed E-state index contributed by atoms with van der Waals surface area (Å²) in [6.45, 7) is 2.50. The molecule has 0 fully saturated rings. The van der Waals surface area contributed by atoms with Crippen molar-refractivity contribution in [1.29, 1.82) is 0 Å². The summed E-state index contributed by atoms with van der Waals surface area (Å²) in [6, 6.07) is 5.38. The number of benzene rings is 1. The highest BCUT2D eigenvalue weighted by Crippen LogP contribution is 2.11. The van der Waals surface area contributed by atoms with E-state index in [1.165, 1.54) is 4.90 Å². The van der Waals surface area contributed by atoms with Crippen molar-refractivity contribution in [2.75, 3.05) is 26.7 Å². The second-order valence-corrected chi connectivity index (χ2v) is 3.99. The van der Waals surface area contributed by atoms with Gasteiger partial charge in [0.05, 0.1) is 13.2 Å². The van der Waals surface area contributed by atoms with Crippen LogP contribution in [-0.4, -0.2) is 42.7 Å². The van der Waals surface area contributed by atoms with Crippen LogP contribution < -0.4 is 5.73 Å². The molecule has 4 heteroatoms. The molecule has 0 spiro atoms. The van der Waals surface area contributed by atoms with E-state index in [4.69, 9.17) is 10.8 Å². The van der Waals surface area contributed by atoms with E-state index >= 15 is 0 Å². The molecule has 0 saturated heterocycles. The van der Waals surface area contributed by atoms with Gasteiger partial charge in [0.2, 0.25) is 0 Å². The molecule has 0 heterocycles. The number of nitrogens with zero attached hydrogens (tertiary/aromatic N) is 1. The Bertz CT molecular complexity index is 486. The lowest BCUT2D eigenvalue weighted by molar-refractivity contribution is 0.0767. The van der Waals surface area contributed by atoms with E-state index in [0.29, 0.717) is 18.7 Å². The third-order valence-corrected chi connectivity index (χ3v) is 2.59. The quantitative estimate of drug-likeness (QED) is 0.757. The Balaban J connectivity index is 3.01. The zero-order valence-electron chi connectivity index (χ0n) is 10.7. The monoisotopic (exact) mass is 246 g/mol. The van der Waals surface area contributed by atoms with Crippen LogP contribution in [0.1, 0.15) is 21.5 Å². The number of hydrogen-bond acceptors (Lipinski definition) is 3. The third-order valence-electron chi connectivity index (χ3n) is 2.59. The summed E-state index contributed by atoms with van der Waals surface area (Å²) in [4.78, 5) is 13.5. The largest absolute Gasteiger partial charge is 0.395 e. The molecule has 0 saturated carbocycles. The first kappa shape index (κ1) is 14.2. The number of carbonyl (C=O) groups excluding carboxylic acids is 1. The van der Waals surface area contributed by atoms with E-state index in [0.717, 1.165) is 11.1 Å². The third kappa shape index (κ3) is 3.59. The highest BCUT2D eigenvalue weighted by Gasteiger charge is 2.11. The number of aliphatic hydroxyl groups is 1. The number of rotatable bonds is 3. The van der Waals surface area contributed by atoms with Gasteiger partial charge in [-0.3, -0.25) is 4.79 Å². The van der Waals surface area contributed by atoms with E-state index in [9.17, 15) is 4.79 Å². The van der Waals surface area contributed by atoms with E-state index in [-0.39, 0.29) is 12.5 Å². The second kappa shape index (κ2) is 6.80. The van der Waals surface area contributed by atoms with Gasteiger partial charge in [-0.1, -0.05) is 17.9 Å². The Morgan fingerprint density at radius 2 is 2.22 bits per heavy atom. The van der Waals surface area contributed by atoms with Crippen molar-refractivity contribution < 1.29 is 9.90 Å². The topological polar surface area (TPSA) is 66.6 Å². The second-order valence-electron chi connectivity index (χ2n) is 3.99. The molecular weight excluding hydrogens is 228 g/mol. The fraction of sp³-hybridized carbons (Fsp3) is 0.357. The predicted molar refractivity (Wildman–Crippen MR) is 71.2 cm³/mol. The van der Waals surface area contributed by atoms with Gasteiger partial charge in [-0.15, -0.1) is 0 Å². The number of amides is 1. The summed E-state index contributed by atoms with van der Waals surface area (Å²) in [5, 5.41) is 8.82. The van der Waals surface area contributed by atoms with E-state index in [1.807, 2.05) is 13.0 Å². The summed E-state index contributed by atoms with van der Waals surface area (Å²) in [6.07, 6.45) is 0. The molecule has 0 bridgehead atoms. The Labute approximate surface area is 107 Å². The molecule has 0 aliphatic heterocycles. The predicted octanol–water partition coefficient (Wildman–Crippen LogP) is 0.370. The first-order valence-corrected chi connectivity index (χ1v) is 5.76. The number of aliphatic hydroxyl groups excluding tert-OH is 1. The Hall–Kier alpha value is -1.83. The van der Waals surface area contributed by atoms with E-state index in [1.54, 1.807) is 19.2 Å². The molecule has 1 aromatic carbocycles. The lowest BCUT2D eigenvalue weighted by Gasteiger charge is -2.16. The molecule has 0 aliphatic carbocycles. The van der Waals surface area contributed by atoms with Crippen LogP contribution in [0.15, 0.2) is 18.2 Å². The Morgan fingerprint density at radius 3 is 2.83 bits per heavy atom. The summed E-state index contributed by atoms with van der Waals surface area (Å²) in [5.41, 5.74) is 7.72. The van der Waals surface area contributed by atoms with Crippen LogP contribution in [0.3, 0.4) is 0 Å². The minimum atomic E-state index is -0.125. The molecular formula is C14H18N2O2. The van der Waals surface area contributed by atoms with Gasteiger partial charge in [0, 0.05) is 24.7 Å². The van der Waals surface area contributed by atoms with E-state index < -0.39 is 0 Å². The van der Waals surface area contributed by atoms with Gasteiger partial charge in [-0.05, 0) is 24.6 Å². The number of aryl methyl sites for hydroxylation is 1. The van der Waals surface area contributed by atoms with Crippen LogP contribution in [-0.2, 0) is 0 Å². The number of hydrogen-bond donors (Lipinski definition) is 2. The normalized spacial score (nSPS) is 9.56. The van der Waals surface area contributed by atoms with Gasteiger partial charge >= 0.3 is 0 Å². The molecule has 0 aromatic heterocycles. The highest BCUT2D eigenvalue weighted by atomic mass is 16.3. The molecule has 96 valence electrons. The molecule has 0 radical (unpaired) electrons. The molecule has 18 heavy (non-hydrogen) atoms. The molecule has 0 atom stereocenters.